The Labute approximate surface area is 167 Å². The van der Waals surface area contributed by atoms with Gasteiger partial charge < -0.3 is 9.72 Å². The van der Waals surface area contributed by atoms with Crippen molar-refractivity contribution >= 4 is 23.3 Å². The summed E-state index contributed by atoms with van der Waals surface area (Å²) in [5.41, 5.74) is 3.58. The SMILES string of the molecule is O=C(NCCc1ccccn1)c1ccccc1SCc1cn2ccccc2n1. The van der Waals surface area contributed by atoms with Crippen LogP contribution in [0.3, 0.4) is 0 Å². The van der Waals surface area contributed by atoms with Gasteiger partial charge in [-0.1, -0.05) is 24.3 Å². The van der Waals surface area contributed by atoms with Gasteiger partial charge in [-0.2, -0.15) is 0 Å². The van der Waals surface area contributed by atoms with E-state index in [-0.39, 0.29) is 5.91 Å². The molecule has 0 aliphatic carbocycles. The first kappa shape index (κ1) is 18.3. The van der Waals surface area contributed by atoms with E-state index in [2.05, 4.69) is 15.3 Å². The molecule has 0 atom stereocenters. The lowest BCUT2D eigenvalue weighted by atomic mass is 10.2. The van der Waals surface area contributed by atoms with E-state index < -0.39 is 0 Å². The van der Waals surface area contributed by atoms with E-state index in [1.165, 1.54) is 0 Å². The topological polar surface area (TPSA) is 59.3 Å². The number of nitrogens with zero attached hydrogens (tertiary/aromatic N) is 3. The molecule has 0 radical (unpaired) electrons. The highest BCUT2D eigenvalue weighted by molar-refractivity contribution is 7.98. The molecule has 4 aromatic rings. The minimum absolute atomic E-state index is 0.0611. The van der Waals surface area contributed by atoms with E-state index >= 15 is 0 Å². The Kier molecular flexibility index (Phi) is 5.68. The molecule has 0 saturated carbocycles. The Bertz CT molecular complexity index is 1050. The van der Waals surface area contributed by atoms with Crippen molar-refractivity contribution in [2.24, 2.45) is 0 Å². The Morgan fingerprint density at radius 3 is 2.71 bits per heavy atom. The number of nitrogens with one attached hydrogen (secondary N) is 1. The van der Waals surface area contributed by atoms with Gasteiger partial charge in [0, 0.05) is 47.9 Å². The van der Waals surface area contributed by atoms with Crippen molar-refractivity contribution in [3.63, 3.8) is 0 Å². The first-order valence-electron chi connectivity index (χ1n) is 9.12. The lowest BCUT2D eigenvalue weighted by Gasteiger charge is -2.09. The van der Waals surface area contributed by atoms with Gasteiger partial charge in [0.1, 0.15) is 5.65 Å². The van der Waals surface area contributed by atoms with Crippen LogP contribution in [0.25, 0.3) is 5.65 Å². The molecule has 1 N–H and O–H groups in total. The largest absolute Gasteiger partial charge is 0.352 e. The maximum Gasteiger partial charge on any atom is 0.252 e. The second kappa shape index (κ2) is 8.71. The summed E-state index contributed by atoms with van der Waals surface area (Å²) in [6, 6.07) is 19.4. The van der Waals surface area contributed by atoms with E-state index in [4.69, 9.17) is 0 Å². The highest BCUT2D eigenvalue weighted by Gasteiger charge is 2.12. The van der Waals surface area contributed by atoms with Gasteiger partial charge in [0.2, 0.25) is 0 Å². The molecule has 3 heterocycles. The normalized spacial score (nSPS) is 10.9. The number of hydrogen-bond donors (Lipinski definition) is 1. The van der Waals surface area contributed by atoms with E-state index in [1.807, 2.05) is 77.5 Å². The molecule has 28 heavy (non-hydrogen) atoms. The van der Waals surface area contributed by atoms with Crippen molar-refractivity contribution < 1.29 is 4.79 Å². The van der Waals surface area contributed by atoms with Crippen molar-refractivity contribution in [1.29, 1.82) is 0 Å². The molecular formula is C22H20N4OS. The standard InChI is InChI=1S/C22H20N4OS/c27-22(24-13-11-17-7-3-5-12-23-17)19-8-1-2-9-20(19)28-16-18-15-26-14-6-4-10-21(26)25-18/h1-10,12,14-15H,11,13,16H2,(H,24,27). The van der Waals surface area contributed by atoms with E-state index in [1.54, 1.807) is 18.0 Å². The lowest BCUT2D eigenvalue weighted by molar-refractivity contribution is 0.0951. The number of benzene rings is 1. The fourth-order valence-electron chi connectivity index (χ4n) is 2.93. The monoisotopic (exact) mass is 388 g/mol. The smallest absolute Gasteiger partial charge is 0.252 e. The Morgan fingerprint density at radius 1 is 1.00 bits per heavy atom. The number of pyridine rings is 2. The van der Waals surface area contributed by atoms with Gasteiger partial charge in [-0.3, -0.25) is 9.78 Å². The molecule has 0 saturated heterocycles. The number of carbonyl (C=O) groups is 1. The van der Waals surface area contributed by atoms with Gasteiger partial charge in [0.15, 0.2) is 0 Å². The first-order valence-corrected chi connectivity index (χ1v) is 10.1. The van der Waals surface area contributed by atoms with Crippen molar-refractivity contribution in [2.75, 3.05) is 6.54 Å². The molecule has 1 aromatic carbocycles. The number of carbonyl (C=O) groups excluding carboxylic acids is 1. The number of thioether (sulfide) groups is 1. The quantitative estimate of drug-likeness (QED) is 0.486. The van der Waals surface area contributed by atoms with Crippen molar-refractivity contribution in [3.8, 4) is 0 Å². The van der Waals surface area contributed by atoms with Crippen LogP contribution in [0.2, 0.25) is 0 Å². The molecule has 0 spiro atoms. The zero-order chi connectivity index (χ0) is 19.2. The maximum atomic E-state index is 12.6. The Hall–Kier alpha value is -3.12. The van der Waals surface area contributed by atoms with Gasteiger partial charge in [-0.25, -0.2) is 4.98 Å². The van der Waals surface area contributed by atoms with Crippen LogP contribution < -0.4 is 5.32 Å². The summed E-state index contributed by atoms with van der Waals surface area (Å²) in [6.45, 7) is 0.557. The van der Waals surface area contributed by atoms with Gasteiger partial charge in [-0.05, 0) is 36.4 Å². The predicted molar refractivity (Wildman–Crippen MR) is 111 cm³/mol. The fourth-order valence-corrected chi connectivity index (χ4v) is 3.87. The summed E-state index contributed by atoms with van der Waals surface area (Å²) >= 11 is 1.62. The molecule has 5 nitrogen and oxygen atoms in total. The molecule has 0 unspecified atom stereocenters. The van der Waals surface area contributed by atoms with E-state index in [0.717, 1.165) is 21.9 Å². The Morgan fingerprint density at radius 2 is 1.86 bits per heavy atom. The minimum Gasteiger partial charge on any atom is -0.352 e. The molecule has 1 amide bonds. The van der Waals surface area contributed by atoms with Crippen molar-refractivity contribution in [1.82, 2.24) is 19.7 Å². The summed E-state index contributed by atoms with van der Waals surface area (Å²) in [5.74, 6) is 0.647. The molecule has 0 bridgehead atoms. The number of imidazole rings is 1. The van der Waals surface area contributed by atoms with Crippen molar-refractivity contribution in [3.05, 3.63) is 96.2 Å². The van der Waals surface area contributed by atoms with Crippen LogP contribution >= 0.6 is 11.8 Å². The second-order valence-electron chi connectivity index (χ2n) is 6.31. The first-order chi connectivity index (χ1) is 13.8. The summed E-state index contributed by atoms with van der Waals surface area (Å²) in [6.07, 6.45) is 6.49. The van der Waals surface area contributed by atoms with Gasteiger partial charge in [0.25, 0.3) is 5.91 Å². The average Bonchev–Trinajstić information content (AvgIpc) is 3.16. The zero-order valence-electron chi connectivity index (χ0n) is 15.3. The van der Waals surface area contributed by atoms with Crippen molar-refractivity contribution in [2.45, 2.75) is 17.1 Å². The molecule has 6 heteroatoms. The number of aromatic nitrogens is 3. The molecular weight excluding hydrogens is 368 g/mol. The number of fused-ring (bicyclic) bond motifs is 1. The fraction of sp³-hybridized carbons (Fsp3) is 0.136. The highest BCUT2D eigenvalue weighted by Crippen LogP contribution is 2.26. The van der Waals surface area contributed by atoms with Crippen LogP contribution in [0.1, 0.15) is 21.7 Å². The molecule has 0 fully saturated rings. The summed E-state index contributed by atoms with van der Waals surface area (Å²) in [4.78, 5) is 22.5. The zero-order valence-corrected chi connectivity index (χ0v) is 16.1. The Balaban J connectivity index is 1.39. The highest BCUT2D eigenvalue weighted by atomic mass is 32.2. The van der Waals surface area contributed by atoms with Crippen LogP contribution in [0, 0.1) is 0 Å². The van der Waals surface area contributed by atoms with Crippen LogP contribution in [-0.4, -0.2) is 26.8 Å². The molecule has 140 valence electrons. The molecule has 4 rings (SSSR count). The minimum atomic E-state index is -0.0611. The van der Waals surface area contributed by atoms with Gasteiger partial charge in [0.05, 0.1) is 11.3 Å². The third-order valence-electron chi connectivity index (χ3n) is 4.31. The summed E-state index contributed by atoms with van der Waals surface area (Å²) in [7, 11) is 0. The average molecular weight is 388 g/mol. The predicted octanol–water partition coefficient (Wildman–Crippen LogP) is 3.99. The summed E-state index contributed by atoms with van der Waals surface area (Å²) in [5, 5.41) is 3.00. The maximum absolute atomic E-state index is 12.6. The number of hydrogen-bond acceptors (Lipinski definition) is 4. The van der Waals surface area contributed by atoms with Gasteiger partial charge in [-0.15, -0.1) is 11.8 Å². The van der Waals surface area contributed by atoms with Crippen LogP contribution in [-0.2, 0) is 12.2 Å². The molecule has 3 aromatic heterocycles. The van der Waals surface area contributed by atoms with E-state index in [9.17, 15) is 4.79 Å². The van der Waals surface area contributed by atoms with Gasteiger partial charge >= 0.3 is 0 Å². The second-order valence-corrected chi connectivity index (χ2v) is 7.33. The van der Waals surface area contributed by atoms with Crippen LogP contribution in [0.5, 0.6) is 0 Å². The third kappa shape index (κ3) is 4.40. The third-order valence-corrected chi connectivity index (χ3v) is 5.42. The lowest BCUT2D eigenvalue weighted by Crippen LogP contribution is -2.26. The van der Waals surface area contributed by atoms with Crippen LogP contribution in [0.15, 0.2) is 84.1 Å². The molecule has 0 aliphatic heterocycles. The van der Waals surface area contributed by atoms with E-state index in [0.29, 0.717) is 24.3 Å². The summed E-state index contributed by atoms with van der Waals surface area (Å²) < 4.78 is 2.01. The van der Waals surface area contributed by atoms with Crippen LogP contribution in [0.4, 0.5) is 0 Å². The molecule has 0 aliphatic rings. The number of rotatable bonds is 7. The number of amides is 1.